The molecule has 0 radical (unpaired) electrons. The van der Waals surface area contributed by atoms with Crippen LogP contribution in [0.2, 0.25) is 0 Å². The van der Waals surface area contributed by atoms with Crippen LogP contribution in [0, 0.1) is 12.7 Å². The summed E-state index contributed by atoms with van der Waals surface area (Å²) in [5, 5.41) is 0. The standard InChI is InChI=1S/C17H20FN3/c1-13-2-5-15(19)12-17(13)21-10-8-20(9-11-21)16-6-3-14(18)4-7-16/h2-7,12H,8-11,19H2,1H3. The Balaban J connectivity index is 1.70. The van der Waals surface area contributed by atoms with E-state index in [4.69, 9.17) is 5.73 Å². The summed E-state index contributed by atoms with van der Waals surface area (Å²) in [5.41, 5.74) is 10.2. The maximum Gasteiger partial charge on any atom is 0.123 e. The Morgan fingerprint density at radius 2 is 1.52 bits per heavy atom. The van der Waals surface area contributed by atoms with E-state index in [1.165, 1.54) is 23.4 Å². The normalized spacial score (nSPS) is 15.3. The summed E-state index contributed by atoms with van der Waals surface area (Å²) < 4.78 is 13.0. The Bertz CT molecular complexity index is 616. The highest BCUT2D eigenvalue weighted by Crippen LogP contribution is 2.25. The van der Waals surface area contributed by atoms with Crippen molar-refractivity contribution in [2.24, 2.45) is 0 Å². The van der Waals surface area contributed by atoms with Gasteiger partial charge in [0.2, 0.25) is 0 Å². The summed E-state index contributed by atoms with van der Waals surface area (Å²) in [6.07, 6.45) is 0. The number of piperazine rings is 1. The van der Waals surface area contributed by atoms with Gasteiger partial charge in [0.15, 0.2) is 0 Å². The first-order valence-electron chi connectivity index (χ1n) is 7.25. The van der Waals surface area contributed by atoms with Crippen molar-refractivity contribution >= 4 is 17.1 Å². The highest BCUT2D eigenvalue weighted by atomic mass is 19.1. The minimum atomic E-state index is -0.187. The lowest BCUT2D eigenvalue weighted by Crippen LogP contribution is -2.46. The fourth-order valence-electron chi connectivity index (χ4n) is 2.82. The van der Waals surface area contributed by atoms with Gasteiger partial charge in [-0.25, -0.2) is 4.39 Å². The number of anilines is 3. The largest absolute Gasteiger partial charge is 0.399 e. The second-order valence-electron chi connectivity index (χ2n) is 5.50. The van der Waals surface area contributed by atoms with Gasteiger partial charge in [-0.1, -0.05) is 6.07 Å². The van der Waals surface area contributed by atoms with Crippen LogP contribution in [-0.2, 0) is 0 Å². The van der Waals surface area contributed by atoms with E-state index in [-0.39, 0.29) is 5.82 Å². The zero-order valence-electron chi connectivity index (χ0n) is 12.2. The topological polar surface area (TPSA) is 32.5 Å². The third-order valence-electron chi connectivity index (χ3n) is 4.05. The molecule has 1 fully saturated rings. The number of rotatable bonds is 2. The van der Waals surface area contributed by atoms with Gasteiger partial charge in [-0.3, -0.25) is 0 Å². The van der Waals surface area contributed by atoms with Crippen LogP contribution < -0.4 is 15.5 Å². The van der Waals surface area contributed by atoms with Crippen molar-refractivity contribution in [1.29, 1.82) is 0 Å². The third-order valence-corrected chi connectivity index (χ3v) is 4.05. The zero-order chi connectivity index (χ0) is 14.8. The summed E-state index contributed by atoms with van der Waals surface area (Å²) in [5.74, 6) is -0.187. The molecule has 0 atom stereocenters. The van der Waals surface area contributed by atoms with Crippen molar-refractivity contribution in [3.05, 3.63) is 53.8 Å². The average molecular weight is 285 g/mol. The number of hydrogen-bond donors (Lipinski definition) is 1. The summed E-state index contributed by atoms with van der Waals surface area (Å²) in [6.45, 7) is 5.87. The summed E-state index contributed by atoms with van der Waals surface area (Å²) in [4.78, 5) is 4.66. The number of nitrogen functional groups attached to an aromatic ring is 1. The Morgan fingerprint density at radius 3 is 2.19 bits per heavy atom. The predicted molar refractivity (Wildman–Crippen MR) is 86.4 cm³/mol. The van der Waals surface area contributed by atoms with Gasteiger partial charge in [-0.05, 0) is 48.9 Å². The molecule has 0 amide bonds. The number of aryl methyl sites for hydroxylation is 1. The molecule has 2 N–H and O–H groups in total. The van der Waals surface area contributed by atoms with Crippen LogP contribution in [0.25, 0.3) is 0 Å². The molecule has 4 heteroatoms. The van der Waals surface area contributed by atoms with E-state index in [1.807, 2.05) is 24.3 Å². The van der Waals surface area contributed by atoms with Gasteiger partial charge < -0.3 is 15.5 Å². The molecule has 0 aliphatic carbocycles. The zero-order valence-corrected chi connectivity index (χ0v) is 12.2. The van der Waals surface area contributed by atoms with Gasteiger partial charge in [-0.2, -0.15) is 0 Å². The van der Waals surface area contributed by atoms with Gasteiger partial charge in [0, 0.05) is 43.2 Å². The minimum absolute atomic E-state index is 0.187. The lowest BCUT2D eigenvalue weighted by molar-refractivity contribution is 0.624. The van der Waals surface area contributed by atoms with Crippen molar-refractivity contribution in [3.63, 3.8) is 0 Å². The molecule has 110 valence electrons. The highest BCUT2D eigenvalue weighted by molar-refractivity contribution is 5.62. The van der Waals surface area contributed by atoms with Crippen LogP contribution >= 0.6 is 0 Å². The maximum atomic E-state index is 13.0. The van der Waals surface area contributed by atoms with E-state index in [2.05, 4.69) is 22.8 Å². The van der Waals surface area contributed by atoms with E-state index < -0.39 is 0 Å². The minimum Gasteiger partial charge on any atom is -0.399 e. The Kier molecular flexibility index (Phi) is 3.69. The number of hydrogen-bond acceptors (Lipinski definition) is 3. The number of nitrogens with zero attached hydrogens (tertiary/aromatic N) is 2. The Hall–Kier alpha value is -2.23. The van der Waals surface area contributed by atoms with Crippen molar-refractivity contribution in [1.82, 2.24) is 0 Å². The second kappa shape index (κ2) is 5.64. The Labute approximate surface area is 124 Å². The van der Waals surface area contributed by atoms with Crippen LogP contribution in [0.15, 0.2) is 42.5 Å². The fraction of sp³-hybridized carbons (Fsp3) is 0.294. The average Bonchev–Trinajstić information content (AvgIpc) is 2.51. The van der Waals surface area contributed by atoms with E-state index in [1.54, 1.807) is 0 Å². The van der Waals surface area contributed by atoms with E-state index >= 15 is 0 Å². The quantitative estimate of drug-likeness (QED) is 0.861. The molecule has 0 spiro atoms. The van der Waals surface area contributed by atoms with Gasteiger partial charge in [0.1, 0.15) is 5.82 Å². The lowest BCUT2D eigenvalue weighted by Gasteiger charge is -2.38. The third kappa shape index (κ3) is 2.94. The number of nitrogens with two attached hydrogens (primary N) is 1. The van der Waals surface area contributed by atoms with Crippen molar-refractivity contribution in [3.8, 4) is 0 Å². The summed E-state index contributed by atoms with van der Waals surface area (Å²) >= 11 is 0. The number of halogens is 1. The Morgan fingerprint density at radius 1 is 0.905 bits per heavy atom. The van der Waals surface area contributed by atoms with Crippen molar-refractivity contribution < 1.29 is 4.39 Å². The maximum absolute atomic E-state index is 13.0. The van der Waals surface area contributed by atoms with Crippen LogP contribution in [0.4, 0.5) is 21.5 Å². The molecule has 0 unspecified atom stereocenters. The number of benzene rings is 2. The predicted octanol–water partition coefficient (Wildman–Crippen LogP) is 3.04. The monoisotopic (exact) mass is 285 g/mol. The SMILES string of the molecule is Cc1ccc(N)cc1N1CCN(c2ccc(F)cc2)CC1. The lowest BCUT2D eigenvalue weighted by atomic mass is 10.1. The summed E-state index contributed by atoms with van der Waals surface area (Å²) in [7, 11) is 0. The molecule has 2 aromatic carbocycles. The first-order valence-corrected chi connectivity index (χ1v) is 7.25. The van der Waals surface area contributed by atoms with Gasteiger partial charge in [0.25, 0.3) is 0 Å². The molecule has 1 aliphatic heterocycles. The van der Waals surface area contributed by atoms with Gasteiger partial charge in [0.05, 0.1) is 0 Å². The molecular formula is C17H20FN3. The van der Waals surface area contributed by atoms with Gasteiger partial charge >= 0.3 is 0 Å². The van der Waals surface area contributed by atoms with E-state index in [0.29, 0.717) is 0 Å². The van der Waals surface area contributed by atoms with E-state index in [0.717, 1.165) is 37.6 Å². The molecule has 1 aliphatic rings. The molecule has 0 saturated carbocycles. The second-order valence-corrected chi connectivity index (χ2v) is 5.50. The van der Waals surface area contributed by atoms with Crippen LogP contribution in [0.1, 0.15) is 5.56 Å². The molecule has 0 bridgehead atoms. The molecule has 2 aromatic rings. The van der Waals surface area contributed by atoms with Crippen molar-refractivity contribution in [2.75, 3.05) is 41.7 Å². The van der Waals surface area contributed by atoms with E-state index in [9.17, 15) is 4.39 Å². The highest BCUT2D eigenvalue weighted by Gasteiger charge is 2.18. The first kappa shape index (κ1) is 13.7. The molecule has 1 saturated heterocycles. The molecule has 1 heterocycles. The molecule has 3 nitrogen and oxygen atoms in total. The van der Waals surface area contributed by atoms with Crippen LogP contribution in [0.3, 0.4) is 0 Å². The fourth-order valence-corrected chi connectivity index (χ4v) is 2.82. The molecular weight excluding hydrogens is 265 g/mol. The smallest absolute Gasteiger partial charge is 0.123 e. The molecule has 21 heavy (non-hydrogen) atoms. The molecule has 3 rings (SSSR count). The summed E-state index contributed by atoms with van der Waals surface area (Å²) in [6, 6.07) is 12.8. The molecule has 0 aromatic heterocycles. The first-order chi connectivity index (χ1) is 10.1. The van der Waals surface area contributed by atoms with Crippen LogP contribution in [-0.4, -0.2) is 26.2 Å². The van der Waals surface area contributed by atoms with Crippen LogP contribution in [0.5, 0.6) is 0 Å². The van der Waals surface area contributed by atoms with Gasteiger partial charge in [-0.15, -0.1) is 0 Å². The van der Waals surface area contributed by atoms with Crippen molar-refractivity contribution in [2.45, 2.75) is 6.92 Å².